The van der Waals surface area contributed by atoms with Crippen LogP contribution >= 0.6 is 0 Å². The molecule has 2 atom stereocenters. The molecule has 0 aliphatic carbocycles. The van der Waals surface area contributed by atoms with E-state index in [-0.39, 0.29) is 23.9 Å². The van der Waals surface area contributed by atoms with Crippen molar-refractivity contribution >= 4 is 5.91 Å². The number of likely N-dealkylation sites (tertiary alicyclic amines) is 1. The summed E-state index contributed by atoms with van der Waals surface area (Å²) in [6.45, 7) is 1.58. The second kappa shape index (κ2) is 6.83. The summed E-state index contributed by atoms with van der Waals surface area (Å²) in [5, 5.41) is 8.16. The standard InChI is InChI=1S/C21H19FN4O2/c22-18-8-4-3-6-16(18)15-5-1-2-7-17(15)21(27)25-10-9-20-19(12-25)26-14(13-28-20)11-23-24-26/h1-8,11,19-20H,9-10,12-13H2/t19-,20+/m0/s1. The number of ether oxygens (including phenoxy) is 1. The molecule has 7 heteroatoms. The van der Waals surface area contributed by atoms with Crippen LogP contribution < -0.4 is 0 Å². The zero-order chi connectivity index (χ0) is 19.1. The lowest BCUT2D eigenvalue weighted by Gasteiger charge is -2.41. The summed E-state index contributed by atoms with van der Waals surface area (Å²) in [5.74, 6) is -0.445. The van der Waals surface area contributed by atoms with Crippen molar-refractivity contribution in [2.45, 2.75) is 25.2 Å². The number of hydrogen-bond acceptors (Lipinski definition) is 4. The van der Waals surface area contributed by atoms with E-state index in [0.717, 1.165) is 12.1 Å². The van der Waals surface area contributed by atoms with Gasteiger partial charge in [0.2, 0.25) is 0 Å². The number of rotatable bonds is 2. The lowest BCUT2D eigenvalue weighted by Crippen LogP contribution is -2.50. The van der Waals surface area contributed by atoms with Crippen LogP contribution in [0.4, 0.5) is 4.39 Å². The molecular formula is C21H19FN4O2. The molecule has 1 amide bonds. The second-order valence-corrected chi connectivity index (χ2v) is 7.15. The number of fused-ring (bicyclic) bond motifs is 3. The second-order valence-electron chi connectivity index (χ2n) is 7.15. The van der Waals surface area contributed by atoms with Crippen molar-refractivity contribution in [2.24, 2.45) is 0 Å². The Morgan fingerprint density at radius 1 is 1.11 bits per heavy atom. The molecule has 142 valence electrons. The van der Waals surface area contributed by atoms with Gasteiger partial charge in [-0.1, -0.05) is 41.6 Å². The molecule has 1 fully saturated rings. The highest BCUT2D eigenvalue weighted by Crippen LogP contribution is 2.32. The fraction of sp³-hybridized carbons (Fsp3) is 0.286. The fourth-order valence-corrected chi connectivity index (χ4v) is 4.12. The predicted molar refractivity (Wildman–Crippen MR) is 100.0 cm³/mol. The van der Waals surface area contributed by atoms with E-state index in [1.54, 1.807) is 41.4 Å². The Labute approximate surface area is 161 Å². The first-order valence-corrected chi connectivity index (χ1v) is 9.36. The van der Waals surface area contributed by atoms with Gasteiger partial charge in [0.1, 0.15) is 5.82 Å². The Bertz CT molecular complexity index is 1030. The number of hydrogen-bond donors (Lipinski definition) is 0. The summed E-state index contributed by atoms with van der Waals surface area (Å²) in [7, 11) is 0. The van der Waals surface area contributed by atoms with Crippen LogP contribution in [0.3, 0.4) is 0 Å². The monoisotopic (exact) mass is 378 g/mol. The molecule has 28 heavy (non-hydrogen) atoms. The molecule has 2 aliphatic heterocycles. The number of benzene rings is 2. The molecule has 1 saturated heterocycles. The van der Waals surface area contributed by atoms with Crippen LogP contribution in [-0.2, 0) is 11.3 Å². The van der Waals surface area contributed by atoms with E-state index in [4.69, 9.17) is 4.74 Å². The Morgan fingerprint density at radius 2 is 1.89 bits per heavy atom. The zero-order valence-electron chi connectivity index (χ0n) is 15.2. The molecule has 0 unspecified atom stereocenters. The number of aromatic nitrogens is 3. The Hall–Kier alpha value is -3.06. The molecule has 0 N–H and O–H groups in total. The first kappa shape index (κ1) is 17.1. The van der Waals surface area contributed by atoms with Crippen molar-refractivity contribution in [3.63, 3.8) is 0 Å². The predicted octanol–water partition coefficient (Wildman–Crippen LogP) is 3.07. The van der Waals surface area contributed by atoms with Crippen molar-refractivity contribution in [1.82, 2.24) is 19.9 Å². The Kier molecular flexibility index (Phi) is 4.16. The van der Waals surface area contributed by atoms with Gasteiger partial charge in [-0.3, -0.25) is 4.79 Å². The topological polar surface area (TPSA) is 60.3 Å². The minimum atomic E-state index is -0.339. The highest BCUT2D eigenvalue weighted by atomic mass is 19.1. The van der Waals surface area contributed by atoms with Gasteiger partial charge in [0, 0.05) is 24.2 Å². The quantitative estimate of drug-likeness (QED) is 0.688. The van der Waals surface area contributed by atoms with Gasteiger partial charge < -0.3 is 9.64 Å². The van der Waals surface area contributed by atoms with E-state index < -0.39 is 0 Å². The Balaban J connectivity index is 1.47. The number of halogens is 1. The lowest BCUT2D eigenvalue weighted by molar-refractivity contribution is -0.0604. The third kappa shape index (κ3) is 2.79. The smallest absolute Gasteiger partial charge is 0.254 e. The highest BCUT2D eigenvalue weighted by molar-refractivity contribution is 6.01. The average molecular weight is 378 g/mol. The van der Waals surface area contributed by atoms with Crippen LogP contribution in [0.25, 0.3) is 11.1 Å². The normalized spacial score (nSPS) is 21.1. The number of piperidine rings is 1. The van der Waals surface area contributed by atoms with Crippen molar-refractivity contribution in [3.05, 3.63) is 71.8 Å². The molecule has 0 spiro atoms. The maximum atomic E-state index is 14.4. The molecule has 6 nitrogen and oxygen atoms in total. The summed E-state index contributed by atoms with van der Waals surface area (Å²) >= 11 is 0. The van der Waals surface area contributed by atoms with Crippen molar-refractivity contribution < 1.29 is 13.9 Å². The minimum Gasteiger partial charge on any atom is -0.370 e. The summed E-state index contributed by atoms with van der Waals surface area (Å²) in [4.78, 5) is 15.2. The SMILES string of the molecule is O=C(c1ccccc1-c1ccccc1F)N1CC[C@H]2OCc3cnnn3[C@H]2C1. The first-order valence-electron chi connectivity index (χ1n) is 9.36. The van der Waals surface area contributed by atoms with Crippen LogP contribution in [0.15, 0.2) is 54.7 Å². The van der Waals surface area contributed by atoms with Gasteiger partial charge in [0.25, 0.3) is 5.91 Å². The third-order valence-electron chi connectivity index (χ3n) is 5.54. The molecular weight excluding hydrogens is 359 g/mol. The largest absolute Gasteiger partial charge is 0.370 e. The highest BCUT2D eigenvalue weighted by Gasteiger charge is 2.38. The first-order chi connectivity index (χ1) is 13.7. The van der Waals surface area contributed by atoms with Crippen LogP contribution in [0.5, 0.6) is 0 Å². The van der Waals surface area contributed by atoms with E-state index in [0.29, 0.717) is 36.4 Å². The summed E-state index contributed by atoms with van der Waals surface area (Å²) < 4.78 is 22.1. The van der Waals surface area contributed by atoms with Gasteiger partial charge in [-0.25, -0.2) is 9.07 Å². The van der Waals surface area contributed by atoms with E-state index in [1.807, 2.05) is 16.8 Å². The zero-order valence-corrected chi connectivity index (χ0v) is 15.2. The van der Waals surface area contributed by atoms with Crippen LogP contribution in [-0.4, -0.2) is 45.0 Å². The van der Waals surface area contributed by atoms with Crippen LogP contribution in [0, 0.1) is 5.82 Å². The number of carbonyl (C=O) groups excluding carboxylic acids is 1. The molecule has 0 bridgehead atoms. The van der Waals surface area contributed by atoms with E-state index >= 15 is 0 Å². The number of nitrogens with zero attached hydrogens (tertiary/aromatic N) is 4. The summed E-state index contributed by atoms with van der Waals surface area (Å²) in [6.07, 6.45) is 2.46. The van der Waals surface area contributed by atoms with Crippen molar-refractivity contribution in [2.75, 3.05) is 13.1 Å². The minimum absolute atomic E-state index is 0.0278. The molecule has 2 aromatic carbocycles. The maximum absolute atomic E-state index is 14.4. The van der Waals surface area contributed by atoms with Crippen LogP contribution in [0.1, 0.15) is 28.5 Å². The van der Waals surface area contributed by atoms with E-state index in [1.165, 1.54) is 6.07 Å². The Morgan fingerprint density at radius 3 is 2.75 bits per heavy atom. The number of amides is 1. The molecule has 3 aromatic rings. The summed E-state index contributed by atoms with van der Waals surface area (Å²) in [5.41, 5.74) is 2.46. The fourth-order valence-electron chi connectivity index (χ4n) is 4.12. The van der Waals surface area contributed by atoms with Gasteiger partial charge in [-0.05, 0) is 24.1 Å². The van der Waals surface area contributed by atoms with Gasteiger partial charge >= 0.3 is 0 Å². The molecule has 3 heterocycles. The lowest BCUT2D eigenvalue weighted by atomic mass is 9.96. The molecule has 0 radical (unpaired) electrons. The van der Waals surface area contributed by atoms with Gasteiger partial charge in [-0.2, -0.15) is 0 Å². The van der Waals surface area contributed by atoms with E-state index in [9.17, 15) is 9.18 Å². The molecule has 0 saturated carbocycles. The number of carbonyl (C=O) groups is 1. The van der Waals surface area contributed by atoms with Crippen molar-refractivity contribution in [1.29, 1.82) is 0 Å². The van der Waals surface area contributed by atoms with Gasteiger partial charge in [0.05, 0.1) is 30.6 Å². The average Bonchev–Trinajstić information content (AvgIpc) is 3.23. The van der Waals surface area contributed by atoms with Gasteiger partial charge in [0.15, 0.2) is 0 Å². The van der Waals surface area contributed by atoms with Gasteiger partial charge in [-0.15, -0.1) is 5.10 Å². The molecule has 5 rings (SSSR count). The molecule has 2 aliphatic rings. The molecule has 1 aromatic heterocycles. The third-order valence-corrected chi connectivity index (χ3v) is 5.54. The maximum Gasteiger partial charge on any atom is 0.254 e. The summed E-state index contributed by atoms with van der Waals surface area (Å²) in [6, 6.07) is 13.7. The van der Waals surface area contributed by atoms with E-state index in [2.05, 4.69) is 10.3 Å². The van der Waals surface area contributed by atoms with Crippen molar-refractivity contribution in [3.8, 4) is 11.1 Å². The van der Waals surface area contributed by atoms with Crippen LogP contribution in [0.2, 0.25) is 0 Å².